The van der Waals surface area contributed by atoms with E-state index in [4.69, 9.17) is 9.15 Å². The molecule has 5 nitrogen and oxygen atoms in total. The van der Waals surface area contributed by atoms with Gasteiger partial charge in [-0.05, 0) is 30.0 Å². The minimum atomic E-state index is 0.516. The third kappa shape index (κ3) is 5.01. The zero-order valence-corrected chi connectivity index (χ0v) is 14.8. The Morgan fingerprint density at radius 3 is 2.67 bits per heavy atom. The Morgan fingerprint density at radius 2 is 1.92 bits per heavy atom. The quantitative estimate of drug-likeness (QED) is 0.559. The minimum Gasteiger partial charge on any atom is -0.489 e. The number of hydrogen-bond donors (Lipinski definition) is 0. The van der Waals surface area contributed by atoms with Crippen LogP contribution < -0.4 is 4.74 Å². The van der Waals surface area contributed by atoms with Crippen molar-refractivity contribution < 1.29 is 9.15 Å². The largest absolute Gasteiger partial charge is 0.489 e. The third-order valence-corrected chi connectivity index (χ3v) is 4.56. The normalized spacial score (nSPS) is 10.7. The highest BCUT2D eigenvalue weighted by atomic mass is 32.2. The van der Waals surface area contributed by atoms with Crippen molar-refractivity contribution in [3.63, 3.8) is 0 Å². The number of aromatic nitrogens is 3. The molecule has 0 radical (unpaired) electrons. The summed E-state index contributed by atoms with van der Waals surface area (Å²) >= 11 is 3.20. The maximum absolute atomic E-state index is 5.75. The lowest BCUT2D eigenvalue weighted by Gasteiger charge is -2.06. The Bertz CT molecular complexity index is 748. The van der Waals surface area contributed by atoms with E-state index in [9.17, 15) is 0 Å². The van der Waals surface area contributed by atoms with E-state index in [1.807, 2.05) is 42.7 Å². The second kappa shape index (κ2) is 8.75. The summed E-state index contributed by atoms with van der Waals surface area (Å²) in [6.45, 7) is 0.516. The molecule has 3 rings (SSSR count). The van der Waals surface area contributed by atoms with Crippen molar-refractivity contribution in [2.75, 3.05) is 6.26 Å². The topological polar surface area (TPSA) is 61.0 Å². The SMILES string of the molecule is CSCc1nnc(SCc2ccc(OCc3cccnc3)cc2)o1. The zero-order chi connectivity index (χ0) is 16.6. The fraction of sp³-hybridized carbons (Fsp3) is 0.235. The average molecular weight is 359 g/mol. The molecule has 0 bridgehead atoms. The van der Waals surface area contributed by atoms with Crippen LogP contribution in [0.4, 0.5) is 0 Å². The fourth-order valence-electron chi connectivity index (χ4n) is 1.96. The first-order chi connectivity index (χ1) is 11.8. The Hall–Kier alpha value is -1.99. The van der Waals surface area contributed by atoms with E-state index in [0.29, 0.717) is 17.7 Å². The maximum atomic E-state index is 5.75. The van der Waals surface area contributed by atoms with Crippen LogP contribution in [-0.2, 0) is 18.1 Å². The summed E-state index contributed by atoms with van der Waals surface area (Å²) in [4.78, 5) is 4.07. The summed E-state index contributed by atoms with van der Waals surface area (Å²) in [6, 6.07) is 11.9. The molecule has 24 heavy (non-hydrogen) atoms. The van der Waals surface area contributed by atoms with E-state index in [0.717, 1.165) is 22.8 Å². The molecule has 124 valence electrons. The number of hydrogen-bond acceptors (Lipinski definition) is 7. The number of benzene rings is 1. The lowest BCUT2D eigenvalue weighted by atomic mass is 10.2. The molecule has 7 heteroatoms. The molecular weight excluding hydrogens is 342 g/mol. The molecule has 0 saturated heterocycles. The maximum Gasteiger partial charge on any atom is 0.276 e. The highest BCUT2D eigenvalue weighted by Crippen LogP contribution is 2.23. The van der Waals surface area contributed by atoms with Crippen molar-refractivity contribution in [3.05, 3.63) is 65.8 Å². The Balaban J connectivity index is 1.48. The predicted molar refractivity (Wildman–Crippen MR) is 96.1 cm³/mol. The molecule has 0 unspecified atom stereocenters. The van der Waals surface area contributed by atoms with Crippen LogP contribution in [0, 0.1) is 0 Å². The molecule has 0 amide bonds. The molecule has 0 atom stereocenters. The molecule has 0 aliphatic heterocycles. The monoisotopic (exact) mass is 359 g/mol. The highest BCUT2D eigenvalue weighted by molar-refractivity contribution is 7.98. The van der Waals surface area contributed by atoms with Crippen LogP contribution in [-0.4, -0.2) is 21.4 Å². The van der Waals surface area contributed by atoms with Crippen LogP contribution in [0.3, 0.4) is 0 Å². The molecule has 3 aromatic rings. The van der Waals surface area contributed by atoms with Gasteiger partial charge in [-0.1, -0.05) is 30.0 Å². The van der Waals surface area contributed by atoms with E-state index < -0.39 is 0 Å². The number of rotatable bonds is 8. The van der Waals surface area contributed by atoms with Gasteiger partial charge in [0.25, 0.3) is 5.22 Å². The van der Waals surface area contributed by atoms with E-state index in [1.165, 1.54) is 17.3 Å². The molecule has 0 spiro atoms. The lowest BCUT2D eigenvalue weighted by Crippen LogP contribution is -1.95. The number of ether oxygens (including phenoxy) is 1. The Morgan fingerprint density at radius 1 is 1.04 bits per heavy atom. The summed E-state index contributed by atoms with van der Waals surface area (Å²) in [5.41, 5.74) is 2.23. The van der Waals surface area contributed by atoms with Gasteiger partial charge in [0.1, 0.15) is 12.4 Å². The van der Waals surface area contributed by atoms with Crippen LogP contribution in [0.2, 0.25) is 0 Å². The van der Waals surface area contributed by atoms with Gasteiger partial charge < -0.3 is 9.15 Å². The third-order valence-electron chi connectivity index (χ3n) is 3.13. The van der Waals surface area contributed by atoms with E-state index in [2.05, 4.69) is 15.2 Å². The van der Waals surface area contributed by atoms with Gasteiger partial charge in [-0.2, -0.15) is 11.8 Å². The minimum absolute atomic E-state index is 0.516. The van der Waals surface area contributed by atoms with Gasteiger partial charge in [0.05, 0.1) is 5.75 Å². The van der Waals surface area contributed by atoms with Crippen molar-refractivity contribution in [3.8, 4) is 5.75 Å². The van der Waals surface area contributed by atoms with Crippen molar-refractivity contribution >= 4 is 23.5 Å². The van der Waals surface area contributed by atoms with Crippen LogP contribution in [0.1, 0.15) is 17.0 Å². The first kappa shape index (κ1) is 16.9. The number of thioether (sulfide) groups is 2. The summed E-state index contributed by atoms with van der Waals surface area (Å²) in [7, 11) is 0. The molecule has 1 aromatic carbocycles. The molecule has 2 aromatic heterocycles. The lowest BCUT2D eigenvalue weighted by molar-refractivity contribution is 0.305. The van der Waals surface area contributed by atoms with Gasteiger partial charge >= 0.3 is 0 Å². The summed E-state index contributed by atoms with van der Waals surface area (Å²) in [5, 5.41) is 8.64. The van der Waals surface area contributed by atoms with Crippen molar-refractivity contribution in [1.29, 1.82) is 0 Å². The van der Waals surface area contributed by atoms with Crippen molar-refractivity contribution in [2.45, 2.75) is 23.3 Å². The molecule has 2 heterocycles. The van der Waals surface area contributed by atoms with Crippen LogP contribution in [0.25, 0.3) is 0 Å². The second-order valence-corrected chi connectivity index (χ2v) is 6.77. The zero-order valence-electron chi connectivity index (χ0n) is 13.2. The molecule has 0 aliphatic carbocycles. The van der Waals surface area contributed by atoms with Gasteiger partial charge in [-0.15, -0.1) is 10.2 Å². The van der Waals surface area contributed by atoms with Gasteiger partial charge in [0.15, 0.2) is 0 Å². The number of pyridine rings is 1. The summed E-state index contributed by atoms with van der Waals surface area (Å²) in [6.07, 6.45) is 5.57. The molecule has 0 aliphatic rings. The van der Waals surface area contributed by atoms with Crippen LogP contribution in [0.15, 0.2) is 58.4 Å². The summed E-state index contributed by atoms with van der Waals surface area (Å²) < 4.78 is 11.3. The van der Waals surface area contributed by atoms with Gasteiger partial charge in [-0.3, -0.25) is 4.98 Å². The average Bonchev–Trinajstić information content (AvgIpc) is 3.08. The van der Waals surface area contributed by atoms with Gasteiger partial charge in [0.2, 0.25) is 5.89 Å². The second-order valence-electron chi connectivity index (χ2n) is 4.98. The first-order valence-electron chi connectivity index (χ1n) is 7.38. The van der Waals surface area contributed by atoms with Crippen molar-refractivity contribution in [1.82, 2.24) is 15.2 Å². The predicted octanol–water partition coefficient (Wildman–Crippen LogP) is 4.20. The number of nitrogens with zero attached hydrogens (tertiary/aromatic N) is 3. The first-order valence-corrected chi connectivity index (χ1v) is 9.76. The highest BCUT2D eigenvalue weighted by Gasteiger charge is 2.06. The fourth-order valence-corrected chi connectivity index (χ4v) is 3.06. The molecule has 0 fully saturated rings. The Kier molecular flexibility index (Phi) is 6.14. The molecule has 0 saturated carbocycles. The van der Waals surface area contributed by atoms with E-state index >= 15 is 0 Å². The van der Waals surface area contributed by atoms with Crippen LogP contribution in [0.5, 0.6) is 5.75 Å². The summed E-state index contributed by atoms with van der Waals surface area (Å²) in [5.74, 6) is 3.04. The standard InChI is InChI=1S/C17H17N3O2S2/c1-23-12-16-19-20-17(22-16)24-11-13-4-6-15(7-5-13)21-10-14-3-2-8-18-9-14/h2-9H,10-12H2,1H3. The van der Waals surface area contributed by atoms with Crippen LogP contribution >= 0.6 is 23.5 Å². The Labute approximate surface area is 149 Å². The van der Waals surface area contributed by atoms with E-state index in [-0.39, 0.29) is 0 Å². The van der Waals surface area contributed by atoms with Gasteiger partial charge in [-0.25, -0.2) is 0 Å². The smallest absolute Gasteiger partial charge is 0.276 e. The molecular formula is C17H17N3O2S2. The van der Waals surface area contributed by atoms with Gasteiger partial charge in [0, 0.05) is 23.7 Å². The molecule has 0 N–H and O–H groups in total. The van der Waals surface area contributed by atoms with Crippen molar-refractivity contribution in [2.24, 2.45) is 0 Å². The van der Waals surface area contributed by atoms with E-state index in [1.54, 1.807) is 24.2 Å².